The number of pyridine rings is 1. The molecule has 2 aliphatic rings. The molecule has 71 heavy (non-hydrogen) atoms. The Hall–Kier alpha value is -8.02. The number of imidazole rings is 1. The van der Waals surface area contributed by atoms with Crippen molar-refractivity contribution in [2.75, 3.05) is 0 Å². The van der Waals surface area contributed by atoms with E-state index in [2.05, 4.69) is 244 Å². The summed E-state index contributed by atoms with van der Waals surface area (Å²) in [7, 11) is 0. The largest absolute Gasteiger partial charge is 0.458 e. The zero-order valence-corrected chi connectivity index (χ0v) is 41.5. The highest BCUT2D eigenvalue weighted by Crippen LogP contribution is 2.52. The highest BCUT2D eigenvalue weighted by atomic mass is 16.5. The van der Waals surface area contributed by atoms with Crippen LogP contribution in [0.4, 0.5) is 0 Å². The third-order valence-electron chi connectivity index (χ3n) is 15.6. The number of hydrogen-bond acceptors (Lipinski definition) is 2. The molecule has 5 nitrogen and oxygen atoms in total. The van der Waals surface area contributed by atoms with Gasteiger partial charge < -0.3 is 4.74 Å². The summed E-state index contributed by atoms with van der Waals surface area (Å²) in [6, 6.07) is 66.3. The van der Waals surface area contributed by atoms with Crippen molar-refractivity contribution < 1.29 is 9.30 Å². The quantitative estimate of drug-likeness (QED) is 0.127. The average molecular weight is 921 g/mol. The fraction of sp³-hybridized carbons (Fsp3) is 0.182. The van der Waals surface area contributed by atoms with Gasteiger partial charge in [0, 0.05) is 23.0 Å². The van der Waals surface area contributed by atoms with Gasteiger partial charge in [-0.1, -0.05) is 170 Å². The first-order chi connectivity index (χ1) is 34.3. The van der Waals surface area contributed by atoms with Crippen molar-refractivity contribution in [2.45, 2.75) is 77.6 Å². The van der Waals surface area contributed by atoms with E-state index < -0.39 is 0 Å². The van der Waals surface area contributed by atoms with Gasteiger partial charge in [-0.15, -0.1) is 0 Å². The van der Waals surface area contributed by atoms with E-state index in [1.54, 1.807) is 0 Å². The molecule has 5 heteroatoms. The van der Waals surface area contributed by atoms with E-state index in [4.69, 9.17) is 9.72 Å². The normalized spacial score (nSPS) is 14.5. The molecule has 0 unspecified atom stereocenters. The molecular weight excluding hydrogens is 865 g/mol. The van der Waals surface area contributed by atoms with E-state index in [1.807, 2.05) is 12.3 Å². The first-order valence-corrected chi connectivity index (χ1v) is 25.1. The predicted octanol–water partition coefficient (Wildman–Crippen LogP) is 16.6. The molecule has 1 aliphatic heterocycles. The van der Waals surface area contributed by atoms with E-state index in [1.165, 1.54) is 49.9 Å². The first kappa shape index (κ1) is 43.0. The number of para-hydroxylation sites is 3. The molecule has 346 valence electrons. The van der Waals surface area contributed by atoms with Crippen LogP contribution in [0, 0.1) is 6.33 Å². The Kier molecular flexibility index (Phi) is 9.54. The maximum Gasteiger partial charge on any atom is 0.269 e. The van der Waals surface area contributed by atoms with Gasteiger partial charge in [-0.05, 0) is 145 Å². The molecule has 3 aromatic heterocycles. The van der Waals surface area contributed by atoms with Crippen molar-refractivity contribution in [1.29, 1.82) is 0 Å². The van der Waals surface area contributed by atoms with Gasteiger partial charge in [-0.2, -0.15) is 0 Å². The van der Waals surface area contributed by atoms with Crippen molar-refractivity contribution in [2.24, 2.45) is 0 Å². The summed E-state index contributed by atoms with van der Waals surface area (Å²) in [4.78, 5) is 4.92. The molecule has 0 spiro atoms. The maximum absolute atomic E-state index is 6.89. The Labute approximate surface area is 416 Å². The minimum absolute atomic E-state index is 0.0217. The molecule has 1 aliphatic carbocycles. The highest BCUT2D eigenvalue weighted by Gasteiger charge is 2.39. The van der Waals surface area contributed by atoms with Gasteiger partial charge >= 0.3 is 0 Å². The summed E-state index contributed by atoms with van der Waals surface area (Å²) in [5.41, 5.74) is 20.1. The van der Waals surface area contributed by atoms with Crippen LogP contribution in [0.25, 0.3) is 94.5 Å². The number of aromatic nitrogens is 4. The fourth-order valence-electron chi connectivity index (χ4n) is 11.7. The maximum atomic E-state index is 6.89. The van der Waals surface area contributed by atoms with E-state index in [-0.39, 0.29) is 16.2 Å². The molecule has 0 radical (unpaired) electrons. The molecule has 0 N–H and O–H groups in total. The smallest absolute Gasteiger partial charge is 0.269 e. The summed E-state index contributed by atoms with van der Waals surface area (Å²) in [5.74, 6) is 2.37. The minimum Gasteiger partial charge on any atom is -0.458 e. The molecule has 0 saturated carbocycles. The van der Waals surface area contributed by atoms with Crippen molar-refractivity contribution in [3.05, 3.63) is 211 Å². The molecule has 0 amide bonds. The molecular formula is C66H56N4O. The van der Waals surface area contributed by atoms with Crippen LogP contribution in [0.15, 0.2) is 188 Å². The van der Waals surface area contributed by atoms with Crippen molar-refractivity contribution in [3.8, 4) is 73.2 Å². The highest BCUT2D eigenvalue weighted by molar-refractivity contribution is 6.09. The van der Waals surface area contributed by atoms with Gasteiger partial charge in [0.25, 0.3) is 6.33 Å². The lowest BCUT2D eigenvalue weighted by Crippen LogP contribution is -2.34. The van der Waals surface area contributed by atoms with Crippen molar-refractivity contribution in [1.82, 2.24) is 14.1 Å². The topological polar surface area (TPSA) is 35.9 Å². The van der Waals surface area contributed by atoms with Gasteiger partial charge in [0.2, 0.25) is 0 Å². The molecule has 0 bridgehead atoms. The summed E-state index contributed by atoms with van der Waals surface area (Å²) in [6.07, 6.45) is 8.22. The Balaban J connectivity index is 1.02. The number of rotatable bonds is 5. The lowest BCUT2D eigenvalue weighted by Gasteiger charge is -2.42. The molecule has 4 heterocycles. The minimum atomic E-state index is -0.0217. The molecule has 11 aromatic rings. The van der Waals surface area contributed by atoms with Crippen molar-refractivity contribution >= 4 is 32.8 Å². The zero-order valence-electron chi connectivity index (χ0n) is 41.5. The standard InChI is InChI=1S/C66H56N4O/c1-64(2,3)43-32-35-67-61(36-43)70-58-28-14-13-24-50(58)51-31-30-46(38-60(51)70)71-45-21-15-20-44(37-45)68-41-69-62-47(42-18-9-8-10-19-42)25-16-26-52(62)48-22-11-12-23-49(48)54-39-56-57(66(6,7)34-33-65(56,4)5)40-55(54)53-27-17-29-59(68)63(53)69/h8-32,35-40H,33-34H2,1-7H3. The summed E-state index contributed by atoms with van der Waals surface area (Å²) in [5, 5.41) is 2.33. The monoisotopic (exact) mass is 920 g/mol. The van der Waals surface area contributed by atoms with Crippen LogP contribution < -0.4 is 9.30 Å². The lowest BCUT2D eigenvalue weighted by atomic mass is 9.62. The van der Waals surface area contributed by atoms with Gasteiger partial charge in [0.05, 0.1) is 33.4 Å². The SMILES string of the molecule is CC(C)(C)c1ccnc(-n2c3ccccc3c3ccc(Oc4cccc(-n5[c-][n+]6c7c(cccc75)-c5cc7c(cc5-c5ccccc5-c5cccc(-c8ccccc8)c5-6)C(C)(C)CCC7(C)C)c4)cc32)c1. The lowest BCUT2D eigenvalue weighted by molar-refractivity contribution is -0.570. The summed E-state index contributed by atoms with van der Waals surface area (Å²) >= 11 is 0. The van der Waals surface area contributed by atoms with Crippen LogP contribution in [-0.4, -0.2) is 14.1 Å². The fourth-order valence-corrected chi connectivity index (χ4v) is 11.7. The number of nitrogens with zero attached hydrogens (tertiary/aromatic N) is 4. The predicted molar refractivity (Wildman–Crippen MR) is 292 cm³/mol. The van der Waals surface area contributed by atoms with Gasteiger partial charge in [0.1, 0.15) is 17.3 Å². The number of benzene rings is 8. The molecule has 0 fully saturated rings. The van der Waals surface area contributed by atoms with Gasteiger partial charge in [-0.3, -0.25) is 13.7 Å². The Bertz CT molecular complexity index is 3950. The Morgan fingerprint density at radius 1 is 0.521 bits per heavy atom. The van der Waals surface area contributed by atoms with Crippen LogP contribution in [-0.2, 0) is 16.2 Å². The molecule has 13 rings (SSSR count). The van der Waals surface area contributed by atoms with Crippen molar-refractivity contribution in [3.63, 3.8) is 0 Å². The van der Waals surface area contributed by atoms with E-state index in [9.17, 15) is 0 Å². The van der Waals surface area contributed by atoms with Crippen LogP contribution in [0.3, 0.4) is 0 Å². The van der Waals surface area contributed by atoms with Crippen LogP contribution in [0.1, 0.15) is 78.0 Å². The van der Waals surface area contributed by atoms with Gasteiger partial charge in [0.15, 0.2) is 0 Å². The first-order valence-electron chi connectivity index (χ1n) is 25.1. The molecule has 0 saturated heterocycles. The zero-order chi connectivity index (χ0) is 48.4. The summed E-state index contributed by atoms with van der Waals surface area (Å²) < 4.78 is 13.7. The third kappa shape index (κ3) is 6.88. The second kappa shape index (κ2) is 15.7. The van der Waals surface area contributed by atoms with E-state index >= 15 is 0 Å². The second-order valence-corrected chi connectivity index (χ2v) is 22.1. The Morgan fingerprint density at radius 2 is 1.13 bits per heavy atom. The van der Waals surface area contributed by atoms with Crippen LogP contribution >= 0.6 is 0 Å². The van der Waals surface area contributed by atoms with Crippen LogP contribution in [0.5, 0.6) is 11.5 Å². The van der Waals surface area contributed by atoms with E-state index in [0.717, 1.165) is 85.7 Å². The van der Waals surface area contributed by atoms with Crippen LogP contribution in [0.2, 0.25) is 0 Å². The van der Waals surface area contributed by atoms with E-state index in [0.29, 0.717) is 0 Å². The third-order valence-corrected chi connectivity index (χ3v) is 15.6. The molecule has 0 atom stereocenters. The molecule has 8 aromatic carbocycles. The van der Waals surface area contributed by atoms with Gasteiger partial charge in [-0.25, -0.2) is 4.98 Å². The Morgan fingerprint density at radius 3 is 1.90 bits per heavy atom. The number of hydrogen-bond donors (Lipinski definition) is 0. The second-order valence-electron chi connectivity index (χ2n) is 22.1. The number of ether oxygens (including phenoxy) is 1. The number of fused-ring (bicyclic) bond motifs is 11. The summed E-state index contributed by atoms with van der Waals surface area (Å²) in [6.45, 7) is 16.5. The average Bonchev–Trinajstić information content (AvgIpc) is 3.94.